The molecular formula is C14H17NO4S. The summed E-state index contributed by atoms with van der Waals surface area (Å²) < 4.78 is 4.85. The average Bonchev–Trinajstić information content (AvgIpc) is 2.39. The van der Waals surface area contributed by atoms with E-state index in [9.17, 15) is 9.59 Å². The van der Waals surface area contributed by atoms with Crippen LogP contribution in [0.2, 0.25) is 0 Å². The molecule has 0 aliphatic carbocycles. The first-order valence-corrected chi connectivity index (χ1v) is 7.01. The van der Waals surface area contributed by atoms with Crippen LogP contribution in [0.1, 0.15) is 12.0 Å². The molecule has 6 heteroatoms. The molecule has 0 aromatic heterocycles. The van der Waals surface area contributed by atoms with E-state index in [1.54, 1.807) is 6.07 Å². The van der Waals surface area contributed by atoms with Gasteiger partial charge in [0.1, 0.15) is 6.61 Å². The van der Waals surface area contributed by atoms with Gasteiger partial charge in [-0.2, -0.15) is 0 Å². The number of amides is 1. The Morgan fingerprint density at radius 1 is 1.50 bits per heavy atom. The molecule has 0 saturated carbocycles. The minimum absolute atomic E-state index is 0.0684. The molecule has 0 heterocycles. The summed E-state index contributed by atoms with van der Waals surface area (Å²) in [6.45, 7) is 5.53. The number of carboxylic acid groups (broad SMARTS) is 1. The lowest BCUT2D eigenvalue weighted by Crippen LogP contribution is -2.14. The van der Waals surface area contributed by atoms with Crippen LogP contribution < -0.4 is 5.32 Å². The van der Waals surface area contributed by atoms with Gasteiger partial charge in [0.05, 0.1) is 12.1 Å². The molecule has 108 valence electrons. The number of carbonyl (C=O) groups is 2. The number of thioether (sulfide) groups is 1. The summed E-state index contributed by atoms with van der Waals surface area (Å²) in [5.74, 6) is -0.403. The fraction of sp³-hybridized carbons (Fsp3) is 0.286. The van der Waals surface area contributed by atoms with Gasteiger partial charge in [-0.1, -0.05) is 18.7 Å². The van der Waals surface area contributed by atoms with Gasteiger partial charge in [-0.3, -0.25) is 10.1 Å². The maximum atomic E-state index is 11.5. The number of aliphatic carboxylic acids is 1. The molecule has 0 unspecified atom stereocenters. The molecule has 20 heavy (non-hydrogen) atoms. The van der Waals surface area contributed by atoms with Crippen LogP contribution >= 0.6 is 11.8 Å². The number of carboxylic acids is 1. The molecule has 0 bridgehead atoms. The van der Waals surface area contributed by atoms with E-state index >= 15 is 0 Å². The highest BCUT2D eigenvalue weighted by atomic mass is 32.2. The van der Waals surface area contributed by atoms with Crippen LogP contribution in [0.25, 0.3) is 0 Å². The van der Waals surface area contributed by atoms with Gasteiger partial charge in [0, 0.05) is 10.6 Å². The van der Waals surface area contributed by atoms with Crippen molar-refractivity contribution in [2.45, 2.75) is 18.2 Å². The molecule has 0 atom stereocenters. The van der Waals surface area contributed by atoms with Gasteiger partial charge in [0.25, 0.3) is 0 Å². The van der Waals surface area contributed by atoms with Gasteiger partial charge < -0.3 is 9.84 Å². The molecular weight excluding hydrogens is 278 g/mol. The molecule has 2 N–H and O–H groups in total. The van der Waals surface area contributed by atoms with Crippen molar-refractivity contribution >= 4 is 29.5 Å². The molecule has 1 rings (SSSR count). The van der Waals surface area contributed by atoms with Gasteiger partial charge in [-0.25, -0.2) is 4.79 Å². The van der Waals surface area contributed by atoms with Crippen LogP contribution in [0.5, 0.6) is 0 Å². The van der Waals surface area contributed by atoms with Crippen LogP contribution in [0.3, 0.4) is 0 Å². The molecule has 1 aromatic rings. The second kappa shape index (κ2) is 8.27. The minimum Gasteiger partial charge on any atom is -0.481 e. The Balaban J connectivity index is 2.71. The topological polar surface area (TPSA) is 75.6 Å². The number of benzene rings is 1. The normalized spacial score (nSPS) is 9.85. The standard InChI is InChI=1S/C14H17NO4S/c1-3-7-19-14(18)15-11-5-4-10(2)9-12(11)20-8-6-13(16)17/h3-5,9H,1,6-8H2,2H3,(H,15,18)(H,16,17). The first-order chi connectivity index (χ1) is 9.52. The Bertz CT molecular complexity index is 502. The summed E-state index contributed by atoms with van der Waals surface area (Å²) in [6, 6.07) is 5.54. The second-order valence-electron chi connectivity index (χ2n) is 4.00. The Labute approximate surface area is 122 Å². The number of hydrogen-bond acceptors (Lipinski definition) is 4. The molecule has 0 spiro atoms. The van der Waals surface area contributed by atoms with Gasteiger partial charge >= 0.3 is 12.1 Å². The van der Waals surface area contributed by atoms with Crippen molar-refractivity contribution < 1.29 is 19.4 Å². The Morgan fingerprint density at radius 3 is 2.90 bits per heavy atom. The highest BCUT2D eigenvalue weighted by Crippen LogP contribution is 2.29. The minimum atomic E-state index is -0.843. The number of rotatable bonds is 7. The summed E-state index contributed by atoms with van der Waals surface area (Å²) in [5.41, 5.74) is 1.65. The third-order valence-electron chi connectivity index (χ3n) is 2.28. The summed E-state index contributed by atoms with van der Waals surface area (Å²) in [6.07, 6.45) is 0.991. The van der Waals surface area contributed by atoms with E-state index in [1.165, 1.54) is 17.8 Å². The SMILES string of the molecule is C=CCOC(=O)Nc1ccc(C)cc1SCCC(=O)O. The summed E-state index contributed by atoms with van der Waals surface area (Å²) in [5, 5.41) is 11.3. The molecule has 0 aliphatic rings. The molecule has 1 amide bonds. The lowest BCUT2D eigenvalue weighted by molar-refractivity contribution is -0.136. The van der Waals surface area contributed by atoms with E-state index < -0.39 is 12.1 Å². The number of anilines is 1. The van der Waals surface area contributed by atoms with Crippen LogP contribution in [-0.2, 0) is 9.53 Å². The van der Waals surface area contributed by atoms with Gasteiger partial charge in [-0.05, 0) is 24.6 Å². The molecule has 0 radical (unpaired) electrons. The number of ether oxygens (including phenoxy) is 1. The van der Waals surface area contributed by atoms with E-state index in [0.717, 1.165) is 10.5 Å². The molecule has 1 aromatic carbocycles. The number of nitrogens with one attached hydrogen (secondary N) is 1. The van der Waals surface area contributed by atoms with Crippen molar-refractivity contribution in [2.24, 2.45) is 0 Å². The number of carbonyl (C=O) groups excluding carboxylic acids is 1. The maximum absolute atomic E-state index is 11.5. The quantitative estimate of drug-likeness (QED) is 0.596. The highest BCUT2D eigenvalue weighted by molar-refractivity contribution is 7.99. The Kier molecular flexibility index (Phi) is 6.66. The van der Waals surface area contributed by atoms with E-state index in [-0.39, 0.29) is 13.0 Å². The monoisotopic (exact) mass is 295 g/mol. The van der Waals surface area contributed by atoms with Gasteiger partial charge in [-0.15, -0.1) is 11.8 Å². The summed E-state index contributed by atoms with van der Waals surface area (Å²) in [4.78, 5) is 22.9. The smallest absolute Gasteiger partial charge is 0.411 e. The van der Waals surface area contributed by atoms with Crippen molar-refractivity contribution in [1.82, 2.24) is 0 Å². The Morgan fingerprint density at radius 2 is 2.25 bits per heavy atom. The molecule has 5 nitrogen and oxygen atoms in total. The average molecular weight is 295 g/mol. The first kappa shape index (κ1) is 16.1. The summed E-state index contributed by atoms with van der Waals surface area (Å²) >= 11 is 1.38. The lowest BCUT2D eigenvalue weighted by Gasteiger charge is -2.11. The third-order valence-corrected chi connectivity index (χ3v) is 3.34. The summed E-state index contributed by atoms with van der Waals surface area (Å²) in [7, 11) is 0. The van der Waals surface area contributed by atoms with Crippen molar-refractivity contribution in [2.75, 3.05) is 17.7 Å². The van der Waals surface area contributed by atoms with E-state index in [0.29, 0.717) is 11.4 Å². The Hall–Kier alpha value is -1.95. The van der Waals surface area contributed by atoms with Crippen molar-refractivity contribution in [3.63, 3.8) is 0 Å². The number of aryl methyl sites for hydroxylation is 1. The van der Waals surface area contributed by atoms with E-state index in [1.807, 2.05) is 19.1 Å². The van der Waals surface area contributed by atoms with Crippen LogP contribution in [0.15, 0.2) is 35.7 Å². The second-order valence-corrected chi connectivity index (χ2v) is 5.14. The van der Waals surface area contributed by atoms with Crippen molar-refractivity contribution in [3.05, 3.63) is 36.4 Å². The van der Waals surface area contributed by atoms with Crippen LogP contribution in [-0.4, -0.2) is 29.5 Å². The van der Waals surface area contributed by atoms with Crippen LogP contribution in [0.4, 0.5) is 10.5 Å². The lowest BCUT2D eigenvalue weighted by atomic mass is 10.2. The third kappa shape index (κ3) is 5.79. The van der Waals surface area contributed by atoms with Crippen LogP contribution in [0, 0.1) is 6.92 Å². The van der Waals surface area contributed by atoms with E-state index in [4.69, 9.17) is 9.84 Å². The zero-order chi connectivity index (χ0) is 15.0. The molecule has 0 fully saturated rings. The highest BCUT2D eigenvalue weighted by Gasteiger charge is 2.09. The van der Waals surface area contributed by atoms with Gasteiger partial charge in [0.2, 0.25) is 0 Å². The molecule has 0 aliphatic heterocycles. The predicted molar refractivity (Wildman–Crippen MR) is 79.3 cm³/mol. The molecule has 0 saturated heterocycles. The maximum Gasteiger partial charge on any atom is 0.411 e. The zero-order valence-electron chi connectivity index (χ0n) is 11.2. The van der Waals surface area contributed by atoms with Crippen molar-refractivity contribution in [3.8, 4) is 0 Å². The largest absolute Gasteiger partial charge is 0.481 e. The van der Waals surface area contributed by atoms with Gasteiger partial charge in [0.15, 0.2) is 0 Å². The number of hydrogen-bond donors (Lipinski definition) is 2. The van der Waals surface area contributed by atoms with E-state index in [2.05, 4.69) is 11.9 Å². The zero-order valence-corrected chi connectivity index (χ0v) is 12.0. The fourth-order valence-corrected chi connectivity index (χ4v) is 2.42. The first-order valence-electron chi connectivity index (χ1n) is 6.03. The predicted octanol–water partition coefficient (Wildman–Crippen LogP) is 3.30. The fourth-order valence-electron chi connectivity index (χ4n) is 1.38. The van der Waals surface area contributed by atoms with Crippen molar-refractivity contribution in [1.29, 1.82) is 0 Å².